The molecular formula is C28H31ClF3N3O. The Hall–Kier alpha value is -2.61. The van der Waals surface area contributed by atoms with Crippen LogP contribution in [0, 0.1) is 5.92 Å². The predicted molar refractivity (Wildman–Crippen MR) is 136 cm³/mol. The third kappa shape index (κ3) is 7.21. The summed E-state index contributed by atoms with van der Waals surface area (Å²) in [5.74, 6) is 1.03. The molecule has 0 N–H and O–H groups in total. The fourth-order valence-electron chi connectivity index (χ4n) is 4.77. The molecule has 1 atom stereocenters. The molecule has 1 aliphatic rings. The molecule has 2 aromatic carbocycles. The molecule has 36 heavy (non-hydrogen) atoms. The van der Waals surface area contributed by atoms with E-state index >= 15 is 0 Å². The lowest BCUT2D eigenvalue weighted by molar-refractivity contribution is -0.137. The molecule has 192 valence electrons. The van der Waals surface area contributed by atoms with Crippen molar-refractivity contribution in [2.75, 3.05) is 39.8 Å². The number of benzene rings is 2. The van der Waals surface area contributed by atoms with Gasteiger partial charge in [0.1, 0.15) is 12.4 Å². The highest BCUT2D eigenvalue weighted by molar-refractivity contribution is 6.30. The number of alkyl halides is 3. The van der Waals surface area contributed by atoms with E-state index in [1.807, 2.05) is 30.5 Å². The summed E-state index contributed by atoms with van der Waals surface area (Å²) in [6.45, 7) is 4.12. The molecule has 1 aromatic heterocycles. The second-order valence-electron chi connectivity index (χ2n) is 9.30. The van der Waals surface area contributed by atoms with Crippen molar-refractivity contribution in [3.8, 4) is 5.75 Å². The number of pyridine rings is 1. The number of likely N-dealkylation sites (tertiary alicyclic amines) is 1. The van der Waals surface area contributed by atoms with Gasteiger partial charge in [-0.3, -0.25) is 14.8 Å². The van der Waals surface area contributed by atoms with Gasteiger partial charge in [-0.25, -0.2) is 0 Å². The SMILES string of the molecule is CN(CC1CCN(CCOc2ccc(C(F)(F)F)cc2)CC1)C(c1ccc(Cl)cc1)c1ccccn1. The van der Waals surface area contributed by atoms with Crippen LogP contribution in [0.4, 0.5) is 13.2 Å². The maximum Gasteiger partial charge on any atom is 0.416 e. The van der Waals surface area contributed by atoms with E-state index in [0.29, 0.717) is 18.3 Å². The second-order valence-corrected chi connectivity index (χ2v) is 9.74. The van der Waals surface area contributed by atoms with Gasteiger partial charge in [0.05, 0.1) is 17.3 Å². The Kier molecular flexibility index (Phi) is 8.88. The molecule has 0 saturated carbocycles. The van der Waals surface area contributed by atoms with Crippen molar-refractivity contribution in [2.24, 2.45) is 5.92 Å². The highest BCUT2D eigenvalue weighted by Gasteiger charge is 2.30. The second kappa shape index (κ2) is 12.1. The van der Waals surface area contributed by atoms with Crippen LogP contribution in [0.5, 0.6) is 5.75 Å². The van der Waals surface area contributed by atoms with Crippen LogP contribution in [0.15, 0.2) is 72.9 Å². The Balaban J connectivity index is 1.26. The van der Waals surface area contributed by atoms with Crippen LogP contribution >= 0.6 is 11.6 Å². The van der Waals surface area contributed by atoms with Gasteiger partial charge in [-0.1, -0.05) is 29.8 Å². The topological polar surface area (TPSA) is 28.6 Å². The summed E-state index contributed by atoms with van der Waals surface area (Å²) in [5, 5.41) is 0.718. The van der Waals surface area contributed by atoms with Crippen molar-refractivity contribution in [1.29, 1.82) is 0 Å². The molecule has 8 heteroatoms. The zero-order valence-corrected chi connectivity index (χ0v) is 21.1. The van der Waals surface area contributed by atoms with E-state index in [2.05, 4.69) is 40.0 Å². The van der Waals surface area contributed by atoms with Gasteiger partial charge in [0.15, 0.2) is 0 Å². The molecule has 4 nitrogen and oxygen atoms in total. The number of ether oxygens (including phenoxy) is 1. The summed E-state index contributed by atoms with van der Waals surface area (Å²) in [4.78, 5) is 9.36. The number of hydrogen-bond donors (Lipinski definition) is 0. The first-order chi connectivity index (χ1) is 17.3. The molecule has 2 heterocycles. The first kappa shape index (κ1) is 26.5. The number of hydrogen-bond acceptors (Lipinski definition) is 4. The molecule has 0 bridgehead atoms. The molecule has 1 unspecified atom stereocenters. The average molecular weight is 518 g/mol. The Labute approximate surface area is 215 Å². The third-order valence-electron chi connectivity index (χ3n) is 6.71. The smallest absolute Gasteiger partial charge is 0.416 e. The average Bonchev–Trinajstić information content (AvgIpc) is 2.87. The van der Waals surface area contributed by atoms with Crippen molar-refractivity contribution >= 4 is 11.6 Å². The number of rotatable bonds is 9. The van der Waals surface area contributed by atoms with Crippen LogP contribution in [0.25, 0.3) is 0 Å². The van der Waals surface area contributed by atoms with Crippen molar-refractivity contribution in [2.45, 2.75) is 25.1 Å². The van der Waals surface area contributed by atoms with Crippen LogP contribution < -0.4 is 4.74 Å². The van der Waals surface area contributed by atoms with Gasteiger partial charge < -0.3 is 4.74 Å². The number of piperidine rings is 1. The Bertz CT molecular complexity index is 1070. The molecular weight excluding hydrogens is 487 g/mol. The molecule has 0 radical (unpaired) electrons. The van der Waals surface area contributed by atoms with Crippen molar-refractivity contribution in [3.63, 3.8) is 0 Å². The number of nitrogens with zero attached hydrogens (tertiary/aromatic N) is 3. The van der Waals surface area contributed by atoms with Crippen LogP contribution in [0.3, 0.4) is 0 Å². The van der Waals surface area contributed by atoms with E-state index < -0.39 is 11.7 Å². The third-order valence-corrected chi connectivity index (χ3v) is 6.96. The quantitative estimate of drug-likeness (QED) is 0.321. The van der Waals surface area contributed by atoms with E-state index in [4.69, 9.17) is 16.3 Å². The van der Waals surface area contributed by atoms with E-state index in [-0.39, 0.29) is 6.04 Å². The lowest BCUT2D eigenvalue weighted by Gasteiger charge is -2.36. The minimum Gasteiger partial charge on any atom is -0.492 e. The number of aromatic nitrogens is 1. The minimum absolute atomic E-state index is 0.0543. The van der Waals surface area contributed by atoms with Crippen LogP contribution in [0.2, 0.25) is 5.02 Å². The monoisotopic (exact) mass is 517 g/mol. The van der Waals surface area contributed by atoms with E-state index in [1.54, 1.807) is 0 Å². The standard InChI is InChI=1S/C28H31ClF3N3O/c1-34(27(26-4-2-3-15-33-26)22-5-9-24(29)10-6-22)20-21-13-16-35(17-14-21)18-19-36-25-11-7-23(8-12-25)28(30,31)32/h2-12,15,21,27H,13-14,16-20H2,1H3. The molecule has 4 rings (SSSR count). The highest BCUT2D eigenvalue weighted by Crippen LogP contribution is 2.31. The van der Waals surface area contributed by atoms with Gasteiger partial charge in [-0.05, 0) is 93.0 Å². The van der Waals surface area contributed by atoms with Gasteiger partial charge in [0, 0.05) is 24.3 Å². The zero-order chi connectivity index (χ0) is 25.5. The molecule has 1 saturated heterocycles. The zero-order valence-electron chi connectivity index (χ0n) is 20.3. The largest absolute Gasteiger partial charge is 0.492 e. The summed E-state index contributed by atoms with van der Waals surface area (Å²) in [5.41, 5.74) is 1.52. The minimum atomic E-state index is -4.33. The Morgan fingerprint density at radius 3 is 2.33 bits per heavy atom. The Morgan fingerprint density at radius 2 is 1.72 bits per heavy atom. The summed E-state index contributed by atoms with van der Waals surface area (Å²) >= 11 is 6.12. The van der Waals surface area contributed by atoms with Crippen LogP contribution in [0.1, 0.15) is 35.7 Å². The fourth-order valence-corrected chi connectivity index (χ4v) is 4.90. The predicted octanol–water partition coefficient (Wildman–Crippen LogP) is 6.57. The molecule has 0 aliphatic carbocycles. The van der Waals surface area contributed by atoms with E-state index in [1.165, 1.54) is 17.7 Å². The van der Waals surface area contributed by atoms with Gasteiger partial charge in [0.2, 0.25) is 0 Å². The summed E-state index contributed by atoms with van der Waals surface area (Å²) in [6, 6.07) is 18.9. The Morgan fingerprint density at radius 1 is 1.03 bits per heavy atom. The molecule has 1 aliphatic heterocycles. The molecule has 1 fully saturated rings. The molecule has 0 amide bonds. The van der Waals surface area contributed by atoms with E-state index in [0.717, 1.165) is 61.9 Å². The van der Waals surface area contributed by atoms with Crippen molar-refractivity contribution in [1.82, 2.24) is 14.8 Å². The number of halogens is 4. The van der Waals surface area contributed by atoms with Crippen LogP contribution in [-0.4, -0.2) is 54.6 Å². The lowest BCUT2D eigenvalue weighted by atomic mass is 9.94. The van der Waals surface area contributed by atoms with Gasteiger partial charge >= 0.3 is 6.18 Å². The first-order valence-electron chi connectivity index (χ1n) is 12.2. The maximum absolute atomic E-state index is 12.7. The summed E-state index contributed by atoms with van der Waals surface area (Å²) in [7, 11) is 2.15. The van der Waals surface area contributed by atoms with Gasteiger partial charge in [-0.2, -0.15) is 13.2 Å². The first-order valence-corrected chi connectivity index (χ1v) is 12.6. The van der Waals surface area contributed by atoms with Crippen molar-refractivity contribution in [3.05, 3.63) is 94.8 Å². The highest BCUT2D eigenvalue weighted by atomic mass is 35.5. The van der Waals surface area contributed by atoms with Crippen LogP contribution in [-0.2, 0) is 6.18 Å². The normalized spacial score (nSPS) is 16.3. The molecule has 0 spiro atoms. The maximum atomic E-state index is 12.7. The van der Waals surface area contributed by atoms with Gasteiger partial charge in [-0.15, -0.1) is 0 Å². The molecule has 3 aromatic rings. The summed E-state index contributed by atoms with van der Waals surface area (Å²) < 4.78 is 43.8. The van der Waals surface area contributed by atoms with E-state index in [9.17, 15) is 13.2 Å². The summed E-state index contributed by atoms with van der Waals surface area (Å²) in [6.07, 6.45) is -0.332. The lowest BCUT2D eigenvalue weighted by Crippen LogP contribution is -2.40. The van der Waals surface area contributed by atoms with Gasteiger partial charge in [0.25, 0.3) is 0 Å². The van der Waals surface area contributed by atoms with Crippen molar-refractivity contribution < 1.29 is 17.9 Å². The fraction of sp³-hybridized carbons (Fsp3) is 0.393.